The SMILES string of the molecule is C=CCN(CC(CN(CC=C)S(=O)(=O)c1ccc(C)cc1)NS(=O)(=O)c1ccc(C)cc1)S(=O)(=O)c1ccc(C)cc1. The minimum atomic E-state index is -4.17. The Kier molecular flexibility index (Phi) is 11.0. The molecule has 9 nitrogen and oxygen atoms in total. The number of hydrogen-bond acceptors (Lipinski definition) is 6. The topological polar surface area (TPSA) is 121 Å². The number of hydrogen-bond donors (Lipinski definition) is 1. The molecule has 0 amide bonds. The van der Waals surface area contributed by atoms with Crippen LogP contribution in [0.1, 0.15) is 16.7 Å². The Morgan fingerprint density at radius 2 is 0.905 bits per heavy atom. The Bertz CT molecular complexity index is 1610. The van der Waals surface area contributed by atoms with Gasteiger partial charge in [-0.15, -0.1) is 13.2 Å². The van der Waals surface area contributed by atoms with Gasteiger partial charge in [-0.1, -0.05) is 65.2 Å². The molecular formula is C30H37N3O6S3. The fourth-order valence-electron chi connectivity index (χ4n) is 4.18. The Morgan fingerprint density at radius 1 is 0.595 bits per heavy atom. The summed E-state index contributed by atoms with van der Waals surface area (Å²) in [5.41, 5.74) is 2.59. The maximum atomic E-state index is 13.7. The van der Waals surface area contributed by atoms with Crippen molar-refractivity contribution in [3.05, 3.63) is 115 Å². The van der Waals surface area contributed by atoms with Gasteiger partial charge in [0, 0.05) is 32.2 Å². The molecular weight excluding hydrogens is 595 g/mol. The van der Waals surface area contributed by atoms with Gasteiger partial charge in [-0.2, -0.15) is 8.61 Å². The number of rotatable bonds is 15. The van der Waals surface area contributed by atoms with Crippen molar-refractivity contribution in [3.63, 3.8) is 0 Å². The van der Waals surface area contributed by atoms with Gasteiger partial charge in [0.25, 0.3) is 0 Å². The lowest BCUT2D eigenvalue weighted by Gasteiger charge is -2.30. The molecule has 0 aliphatic rings. The predicted molar refractivity (Wildman–Crippen MR) is 166 cm³/mol. The third-order valence-electron chi connectivity index (χ3n) is 6.48. The molecule has 0 aromatic heterocycles. The summed E-state index contributed by atoms with van der Waals surface area (Å²) < 4.78 is 86.3. The molecule has 0 fully saturated rings. The van der Waals surface area contributed by atoms with E-state index in [-0.39, 0.29) is 40.9 Å². The van der Waals surface area contributed by atoms with E-state index in [2.05, 4.69) is 17.9 Å². The van der Waals surface area contributed by atoms with Gasteiger partial charge in [0.05, 0.1) is 14.7 Å². The molecule has 42 heavy (non-hydrogen) atoms. The molecule has 226 valence electrons. The normalized spacial score (nSPS) is 12.6. The maximum absolute atomic E-state index is 13.7. The van der Waals surface area contributed by atoms with Crippen molar-refractivity contribution in [1.82, 2.24) is 13.3 Å². The second-order valence-corrected chi connectivity index (χ2v) is 15.6. The highest BCUT2D eigenvalue weighted by molar-refractivity contribution is 7.90. The molecule has 0 aliphatic heterocycles. The smallest absolute Gasteiger partial charge is 0.207 e. The van der Waals surface area contributed by atoms with Crippen molar-refractivity contribution in [2.75, 3.05) is 26.2 Å². The summed E-state index contributed by atoms with van der Waals surface area (Å²) in [7, 11) is -12.4. The van der Waals surface area contributed by atoms with Gasteiger partial charge in [0.1, 0.15) is 0 Å². The van der Waals surface area contributed by atoms with Crippen LogP contribution < -0.4 is 4.72 Å². The van der Waals surface area contributed by atoms with E-state index < -0.39 is 36.1 Å². The van der Waals surface area contributed by atoms with E-state index in [1.807, 2.05) is 20.8 Å². The van der Waals surface area contributed by atoms with E-state index in [4.69, 9.17) is 0 Å². The van der Waals surface area contributed by atoms with Crippen LogP contribution in [0, 0.1) is 20.8 Å². The number of sulfonamides is 3. The van der Waals surface area contributed by atoms with Gasteiger partial charge in [0.15, 0.2) is 0 Å². The van der Waals surface area contributed by atoms with Crippen LogP contribution in [0.15, 0.2) is 113 Å². The maximum Gasteiger partial charge on any atom is 0.243 e. The second kappa shape index (κ2) is 13.9. The van der Waals surface area contributed by atoms with Gasteiger partial charge < -0.3 is 0 Å². The van der Waals surface area contributed by atoms with Crippen LogP contribution in [-0.4, -0.2) is 66.1 Å². The molecule has 12 heteroatoms. The van der Waals surface area contributed by atoms with Crippen molar-refractivity contribution in [3.8, 4) is 0 Å². The Hall–Kier alpha value is -3.13. The first-order valence-electron chi connectivity index (χ1n) is 13.1. The van der Waals surface area contributed by atoms with E-state index in [1.54, 1.807) is 36.4 Å². The second-order valence-electron chi connectivity index (χ2n) is 9.98. The number of nitrogens with one attached hydrogen (secondary N) is 1. The predicted octanol–water partition coefficient (Wildman–Crippen LogP) is 4.01. The molecule has 3 aromatic rings. The first-order chi connectivity index (χ1) is 19.7. The van der Waals surface area contributed by atoms with Crippen LogP contribution in [0.5, 0.6) is 0 Å². The van der Waals surface area contributed by atoms with Gasteiger partial charge in [-0.05, 0) is 57.2 Å². The van der Waals surface area contributed by atoms with Crippen LogP contribution in [0.25, 0.3) is 0 Å². The summed E-state index contributed by atoms with van der Waals surface area (Å²) in [6, 6.07) is 17.5. The minimum absolute atomic E-state index is 0.0188. The standard InChI is InChI=1S/C30H37N3O6S3/c1-6-20-32(41(36,37)29-16-10-25(4)11-17-29)22-27(31-40(34,35)28-14-8-24(3)9-15-28)23-33(21-7-2)42(38,39)30-18-12-26(5)13-19-30/h6-19,27,31H,1-2,20-23H2,3-5H3. The minimum Gasteiger partial charge on any atom is -0.207 e. The zero-order valence-electron chi connectivity index (χ0n) is 24.0. The molecule has 3 aromatic carbocycles. The van der Waals surface area contributed by atoms with Gasteiger partial charge in [-0.3, -0.25) is 0 Å². The highest BCUT2D eigenvalue weighted by Gasteiger charge is 2.33. The third kappa shape index (κ3) is 8.24. The molecule has 0 unspecified atom stereocenters. The lowest BCUT2D eigenvalue weighted by Crippen LogP contribution is -2.52. The quantitative estimate of drug-likeness (QED) is 0.253. The van der Waals surface area contributed by atoms with Gasteiger partial charge in [0.2, 0.25) is 30.1 Å². The van der Waals surface area contributed by atoms with Crippen LogP contribution in [0.4, 0.5) is 0 Å². The summed E-state index contributed by atoms with van der Waals surface area (Å²) >= 11 is 0. The van der Waals surface area contributed by atoms with Gasteiger partial charge in [-0.25, -0.2) is 30.0 Å². The average Bonchev–Trinajstić information content (AvgIpc) is 2.93. The lowest BCUT2D eigenvalue weighted by molar-refractivity contribution is 0.341. The highest BCUT2D eigenvalue weighted by atomic mass is 32.2. The molecule has 0 saturated carbocycles. The molecule has 0 heterocycles. The molecule has 3 rings (SSSR count). The van der Waals surface area contributed by atoms with Crippen molar-refractivity contribution >= 4 is 30.1 Å². The third-order valence-corrected chi connectivity index (χ3v) is 11.7. The molecule has 0 atom stereocenters. The number of nitrogens with zero attached hydrogens (tertiary/aromatic N) is 2. The van der Waals surface area contributed by atoms with Crippen molar-refractivity contribution in [2.24, 2.45) is 0 Å². The summed E-state index contributed by atoms with van der Waals surface area (Å²) in [6.07, 6.45) is 2.78. The average molecular weight is 632 g/mol. The summed E-state index contributed by atoms with van der Waals surface area (Å²) in [6.45, 7) is 11.8. The molecule has 0 radical (unpaired) electrons. The Morgan fingerprint density at radius 3 is 1.21 bits per heavy atom. The molecule has 0 spiro atoms. The first kappa shape index (κ1) is 33.4. The largest absolute Gasteiger partial charge is 0.243 e. The zero-order valence-corrected chi connectivity index (χ0v) is 26.4. The van der Waals surface area contributed by atoms with Crippen LogP contribution in [0.3, 0.4) is 0 Å². The monoisotopic (exact) mass is 631 g/mol. The molecule has 0 aliphatic carbocycles. The summed E-state index contributed by atoms with van der Waals surface area (Å²) in [5.74, 6) is 0. The Labute approximate surface area is 250 Å². The highest BCUT2D eigenvalue weighted by Crippen LogP contribution is 2.21. The van der Waals surface area contributed by atoms with Crippen molar-refractivity contribution < 1.29 is 25.3 Å². The van der Waals surface area contributed by atoms with E-state index in [1.165, 1.54) is 48.6 Å². The summed E-state index contributed by atoms with van der Waals surface area (Å²) in [5, 5.41) is 0. The van der Waals surface area contributed by atoms with Crippen molar-refractivity contribution in [2.45, 2.75) is 41.5 Å². The first-order valence-corrected chi connectivity index (χ1v) is 17.5. The fraction of sp³-hybridized carbons (Fsp3) is 0.267. The fourth-order valence-corrected chi connectivity index (χ4v) is 8.31. The molecule has 1 N–H and O–H groups in total. The van der Waals surface area contributed by atoms with Crippen LogP contribution in [-0.2, 0) is 30.1 Å². The van der Waals surface area contributed by atoms with Crippen molar-refractivity contribution in [1.29, 1.82) is 0 Å². The number of aryl methyl sites for hydroxylation is 3. The van der Waals surface area contributed by atoms with Crippen LogP contribution in [0.2, 0.25) is 0 Å². The van der Waals surface area contributed by atoms with Gasteiger partial charge >= 0.3 is 0 Å². The summed E-state index contributed by atoms with van der Waals surface area (Å²) in [4.78, 5) is 0.00190. The van der Waals surface area contributed by atoms with E-state index in [0.717, 1.165) is 25.3 Å². The molecule has 0 saturated heterocycles. The molecule has 0 bridgehead atoms. The van der Waals surface area contributed by atoms with E-state index in [0.29, 0.717) is 0 Å². The lowest BCUT2D eigenvalue weighted by atomic mass is 10.2. The van der Waals surface area contributed by atoms with Crippen LogP contribution >= 0.6 is 0 Å². The number of benzene rings is 3. The zero-order chi connectivity index (χ0) is 31.1. The van der Waals surface area contributed by atoms with E-state index >= 15 is 0 Å². The Balaban J connectivity index is 2.06. The van der Waals surface area contributed by atoms with E-state index in [9.17, 15) is 25.3 Å².